The van der Waals surface area contributed by atoms with Crippen LogP contribution in [0.2, 0.25) is 0 Å². The second kappa shape index (κ2) is 15.4. The van der Waals surface area contributed by atoms with E-state index >= 15 is 0 Å². The first-order valence-corrected chi connectivity index (χ1v) is 16.3. The van der Waals surface area contributed by atoms with Crippen molar-refractivity contribution in [2.75, 3.05) is 19.8 Å². The van der Waals surface area contributed by atoms with Gasteiger partial charge < -0.3 is 19.9 Å². The molecule has 0 spiro atoms. The minimum Gasteiger partial charge on any atom is -0.494 e. The maximum absolute atomic E-state index is 14.5. The van der Waals surface area contributed by atoms with Gasteiger partial charge in [0, 0.05) is 31.6 Å². The number of nitrogens with one attached hydrogen (secondary N) is 1. The summed E-state index contributed by atoms with van der Waals surface area (Å²) in [7, 11) is 0. The molecule has 2 atom stereocenters. The van der Waals surface area contributed by atoms with Gasteiger partial charge in [0.15, 0.2) is 11.6 Å². The van der Waals surface area contributed by atoms with Crippen molar-refractivity contribution in [1.82, 2.24) is 5.32 Å². The molecule has 0 aromatic heterocycles. The molecule has 6 rings (SSSR count). The second-order valence-electron chi connectivity index (χ2n) is 11.8. The van der Waals surface area contributed by atoms with Gasteiger partial charge in [-0.2, -0.15) is 0 Å². The molecule has 0 unspecified atom stereocenters. The highest BCUT2D eigenvalue weighted by Crippen LogP contribution is 2.43. The summed E-state index contributed by atoms with van der Waals surface area (Å²) in [4.78, 5) is 19.7. The smallest absolute Gasteiger partial charge is 0.252 e. The van der Waals surface area contributed by atoms with E-state index < -0.39 is 11.6 Å². The Morgan fingerprint density at radius 3 is 1.98 bits per heavy atom. The average Bonchev–Trinajstić information content (AvgIpc) is 3.52. The molecule has 5 aromatic rings. The maximum atomic E-state index is 14.5. The summed E-state index contributed by atoms with van der Waals surface area (Å²) in [5, 5.41) is 12.3. The molecule has 0 aliphatic carbocycles. The highest BCUT2D eigenvalue weighted by molar-refractivity contribution is 6.01. The fourth-order valence-corrected chi connectivity index (χ4v) is 5.96. The van der Waals surface area contributed by atoms with Crippen molar-refractivity contribution >= 4 is 11.8 Å². The minimum atomic E-state index is -1.24. The van der Waals surface area contributed by atoms with Crippen molar-refractivity contribution in [2.45, 2.75) is 37.3 Å². The lowest BCUT2D eigenvalue weighted by atomic mass is 9.81. The van der Waals surface area contributed by atoms with Crippen molar-refractivity contribution in [3.63, 3.8) is 0 Å². The number of amides is 1. The number of aliphatic hydroxyl groups is 1. The summed E-state index contributed by atoms with van der Waals surface area (Å²) >= 11 is 0. The Bertz CT molecular complexity index is 1740. The summed E-state index contributed by atoms with van der Waals surface area (Å²) in [6.07, 6.45) is 1.95. The van der Waals surface area contributed by atoms with Crippen LogP contribution in [0.25, 0.3) is 11.1 Å². The van der Waals surface area contributed by atoms with E-state index in [1.54, 1.807) is 0 Å². The molecular formula is C41H40N2O4. The lowest BCUT2D eigenvalue weighted by Crippen LogP contribution is -2.50. The van der Waals surface area contributed by atoms with E-state index in [1.165, 1.54) is 5.56 Å². The number of aliphatic hydroxyl groups excluding tert-OH is 1. The topological polar surface area (TPSA) is 80.2 Å². The number of ether oxygens (including phenoxy) is 2. The molecule has 0 fully saturated rings. The predicted molar refractivity (Wildman–Crippen MR) is 187 cm³/mol. The van der Waals surface area contributed by atoms with Gasteiger partial charge in [0.2, 0.25) is 5.90 Å². The number of aryl methyl sites for hydroxylation is 1. The van der Waals surface area contributed by atoms with Gasteiger partial charge in [0.1, 0.15) is 5.75 Å². The van der Waals surface area contributed by atoms with E-state index in [9.17, 15) is 4.79 Å². The summed E-state index contributed by atoms with van der Waals surface area (Å²) in [6.45, 7) is 1.03. The van der Waals surface area contributed by atoms with E-state index in [1.807, 2.05) is 103 Å². The van der Waals surface area contributed by atoms with E-state index in [4.69, 9.17) is 19.6 Å². The second-order valence-corrected chi connectivity index (χ2v) is 11.8. The number of carbonyl (C=O) groups is 1. The third kappa shape index (κ3) is 7.79. The zero-order valence-electron chi connectivity index (χ0n) is 26.4. The van der Waals surface area contributed by atoms with Gasteiger partial charge in [0.25, 0.3) is 5.91 Å². The zero-order chi connectivity index (χ0) is 32.3. The lowest BCUT2D eigenvalue weighted by Gasteiger charge is -2.31. The van der Waals surface area contributed by atoms with Crippen LogP contribution in [0, 0.1) is 0 Å². The van der Waals surface area contributed by atoms with Crippen LogP contribution in [0.5, 0.6) is 5.75 Å². The highest BCUT2D eigenvalue weighted by Gasteiger charge is 2.53. The molecule has 2 N–H and O–H groups in total. The lowest BCUT2D eigenvalue weighted by molar-refractivity contribution is -0.128. The number of hydrogen-bond acceptors (Lipinski definition) is 5. The molecule has 1 amide bonds. The summed E-state index contributed by atoms with van der Waals surface area (Å²) < 4.78 is 12.5. The van der Waals surface area contributed by atoms with Crippen LogP contribution in [0.3, 0.4) is 0 Å². The molecule has 0 saturated carbocycles. The molecule has 47 heavy (non-hydrogen) atoms. The van der Waals surface area contributed by atoms with E-state index in [2.05, 4.69) is 41.7 Å². The first-order chi connectivity index (χ1) is 23.1. The largest absolute Gasteiger partial charge is 0.494 e. The third-order valence-corrected chi connectivity index (χ3v) is 8.44. The van der Waals surface area contributed by atoms with Crippen molar-refractivity contribution < 1.29 is 19.4 Å². The first-order valence-electron chi connectivity index (χ1n) is 16.3. The summed E-state index contributed by atoms with van der Waals surface area (Å²) in [5.41, 5.74) is 4.85. The Hall–Kier alpha value is -5.20. The Balaban J connectivity index is 1.34. The summed E-state index contributed by atoms with van der Waals surface area (Å²) in [6, 6.07) is 46.3. The van der Waals surface area contributed by atoms with Crippen LogP contribution in [-0.2, 0) is 22.4 Å². The van der Waals surface area contributed by atoms with E-state index in [0.717, 1.165) is 40.7 Å². The van der Waals surface area contributed by atoms with Crippen LogP contribution in [-0.4, -0.2) is 42.2 Å². The molecule has 0 bridgehead atoms. The first kappa shape index (κ1) is 31.8. The van der Waals surface area contributed by atoms with E-state index in [0.29, 0.717) is 37.6 Å². The molecule has 1 heterocycles. The van der Waals surface area contributed by atoms with Gasteiger partial charge in [-0.25, -0.2) is 4.99 Å². The van der Waals surface area contributed by atoms with Crippen molar-refractivity contribution in [3.05, 3.63) is 162 Å². The molecule has 238 valence electrons. The third-order valence-electron chi connectivity index (χ3n) is 8.44. The highest BCUT2D eigenvalue weighted by atomic mass is 16.5. The Morgan fingerprint density at radius 2 is 1.32 bits per heavy atom. The van der Waals surface area contributed by atoms with Crippen LogP contribution < -0.4 is 10.1 Å². The fourth-order valence-electron chi connectivity index (χ4n) is 5.96. The van der Waals surface area contributed by atoms with Crippen LogP contribution in [0.15, 0.2) is 145 Å². The zero-order valence-corrected chi connectivity index (χ0v) is 26.4. The maximum Gasteiger partial charge on any atom is 0.252 e. The molecule has 1 aliphatic rings. The van der Waals surface area contributed by atoms with Gasteiger partial charge in [-0.1, -0.05) is 115 Å². The number of aliphatic imine (C=N–C) groups is 1. The number of nitrogens with zero attached hydrogens (tertiary/aromatic N) is 1. The molecule has 6 nitrogen and oxygen atoms in total. The van der Waals surface area contributed by atoms with Crippen molar-refractivity contribution in [1.29, 1.82) is 0 Å². The van der Waals surface area contributed by atoms with Crippen LogP contribution >= 0.6 is 0 Å². The van der Waals surface area contributed by atoms with Gasteiger partial charge in [-0.3, -0.25) is 4.79 Å². The fraction of sp³-hybridized carbons (Fsp3) is 0.220. The molecule has 0 radical (unpaired) electrons. The summed E-state index contributed by atoms with van der Waals surface area (Å²) in [5.74, 6) is 0.950. The van der Waals surface area contributed by atoms with Crippen LogP contribution in [0.4, 0.5) is 0 Å². The molecule has 5 aromatic carbocycles. The Labute approximate surface area is 276 Å². The molecular weight excluding hydrogens is 584 g/mol. The van der Waals surface area contributed by atoms with Crippen molar-refractivity contribution in [2.24, 2.45) is 4.99 Å². The Kier molecular flexibility index (Phi) is 10.4. The minimum absolute atomic E-state index is 0.0776. The molecule has 0 saturated heterocycles. The monoisotopic (exact) mass is 624 g/mol. The molecule has 6 heteroatoms. The normalized spacial score (nSPS) is 17.0. The standard InChI is InChI=1S/C41H40N2O4/c44-28-11-29-46-37-25-23-36(24-26-37)39-43-41(30-32-14-6-2-7-15-32,40(45)42-27-10-16-31-12-4-1-5-13-31)38(47-39)35-21-19-34(20-22-35)33-17-8-3-9-18-33/h1-9,12-15,17-26,38,44H,10-11,16,27-30H2,(H,42,45)/t38-,41-/m1/s1. The Morgan fingerprint density at radius 1 is 0.723 bits per heavy atom. The molecule has 1 aliphatic heterocycles. The SMILES string of the molecule is O=C(NCCCc1ccccc1)[C@]1(Cc2ccccc2)N=C(c2ccc(OCCCO)cc2)O[C@@H]1c1ccc(-c2ccccc2)cc1. The van der Waals surface area contributed by atoms with Crippen molar-refractivity contribution in [3.8, 4) is 16.9 Å². The van der Waals surface area contributed by atoms with Crippen LogP contribution in [0.1, 0.15) is 41.2 Å². The quantitative estimate of drug-likeness (QED) is 0.127. The number of carbonyl (C=O) groups excluding carboxylic acids is 1. The number of rotatable bonds is 14. The number of hydrogen-bond donors (Lipinski definition) is 2. The van der Waals surface area contributed by atoms with Gasteiger partial charge in [0.05, 0.1) is 6.61 Å². The average molecular weight is 625 g/mol. The van der Waals surface area contributed by atoms with Gasteiger partial charge in [-0.05, 0) is 64.9 Å². The van der Waals surface area contributed by atoms with Gasteiger partial charge >= 0.3 is 0 Å². The van der Waals surface area contributed by atoms with Gasteiger partial charge in [-0.15, -0.1) is 0 Å². The predicted octanol–water partition coefficient (Wildman–Crippen LogP) is 7.36. The van der Waals surface area contributed by atoms with E-state index in [-0.39, 0.29) is 12.5 Å². The number of benzene rings is 5.